The lowest BCUT2D eigenvalue weighted by Crippen LogP contribution is -2.59. The highest BCUT2D eigenvalue weighted by Crippen LogP contribution is 2.58. The van der Waals surface area contributed by atoms with E-state index in [0.717, 1.165) is 19.1 Å². The second-order valence-corrected chi connectivity index (χ2v) is 9.90. The molecule has 2 amide bonds. The van der Waals surface area contributed by atoms with Crippen LogP contribution in [0.2, 0.25) is 0 Å². The molecule has 3 aromatic carbocycles. The third-order valence-corrected chi connectivity index (χ3v) is 6.89. The molecule has 0 bridgehead atoms. The summed E-state index contributed by atoms with van der Waals surface area (Å²) in [6, 6.07) is 8.63. The number of nitrogens with zero attached hydrogens (tertiary/aromatic N) is 3. The van der Waals surface area contributed by atoms with E-state index in [2.05, 4.69) is 20.7 Å². The quantitative estimate of drug-likeness (QED) is 0.190. The Bertz CT molecular complexity index is 1750. The van der Waals surface area contributed by atoms with E-state index in [1.54, 1.807) is 0 Å². The summed E-state index contributed by atoms with van der Waals surface area (Å²) in [6.45, 7) is 2.28. The number of carbonyl (C=O) groups is 2. The molecule has 244 valence electrons. The highest BCUT2D eigenvalue weighted by atomic mass is 19.4. The fourth-order valence-electron chi connectivity index (χ4n) is 4.53. The Kier molecular flexibility index (Phi) is 8.92. The molecule has 0 fully saturated rings. The third-order valence-electron chi connectivity index (χ3n) is 6.89. The maximum absolute atomic E-state index is 15.2. The second kappa shape index (κ2) is 12.1. The summed E-state index contributed by atoms with van der Waals surface area (Å²) in [5.74, 6) is -9.12. The molecule has 0 saturated carbocycles. The maximum Gasteiger partial charge on any atom is 0.457 e. The molecule has 0 aliphatic rings. The van der Waals surface area contributed by atoms with Crippen LogP contribution in [0.4, 0.5) is 55.3 Å². The van der Waals surface area contributed by atoms with E-state index in [1.165, 1.54) is 54.6 Å². The number of aryl methyl sites for hydroxylation is 2. The van der Waals surface area contributed by atoms with Gasteiger partial charge in [-0.3, -0.25) is 9.59 Å². The SMILES string of the molecule is CCc1cc(C(F)(C(F)(F)F)C(F)(F)C(F)(F)F)cc(C)c1NC(=O)c1ccc(-n2cncn2)c(NC(=O)c2ccc(F)cc2)c1. The minimum absolute atomic E-state index is 0.00275. The standard InChI is InChI=1S/C29H21F10N5O2/c1-3-16-11-19(26(31,28(34,35)36)27(32,33)29(37,38)39)10-15(2)23(16)43-25(46)18-6-9-22(44-14-40-13-41-44)21(12-18)42-24(45)17-4-7-20(30)8-5-17/h4-14H,3H2,1-2H3,(H,42,45)(H,43,46). The van der Waals surface area contributed by atoms with E-state index in [9.17, 15) is 49.1 Å². The number of nitrogens with one attached hydrogen (secondary N) is 2. The van der Waals surface area contributed by atoms with Gasteiger partial charge in [-0.25, -0.2) is 18.4 Å². The Labute approximate surface area is 253 Å². The van der Waals surface area contributed by atoms with Crippen LogP contribution in [0.25, 0.3) is 5.69 Å². The van der Waals surface area contributed by atoms with Crippen molar-refractivity contribution in [3.8, 4) is 5.69 Å². The first-order chi connectivity index (χ1) is 21.3. The molecule has 1 aromatic heterocycles. The van der Waals surface area contributed by atoms with Crippen molar-refractivity contribution < 1.29 is 53.5 Å². The van der Waals surface area contributed by atoms with Crippen molar-refractivity contribution in [2.45, 2.75) is 44.2 Å². The molecular weight excluding hydrogens is 640 g/mol. The highest BCUT2D eigenvalue weighted by molar-refractivity contribution is 6.08. The van der Waals surface area contributed by atoms with Crippen molar-refractivity contribution in [1.29, 1.82) is 0 Å². The number of aromatic nitrogens is 3. The number of anilines is 2. The Morgan fingerprint density at radius 1 is 0.804 bits per heavy atom. The molecule has 0 aliphatic carbocycles. The Hall–Kier alpha value is -4.96. The van der Waals surface area contributed by atoms with Crippen molar-refractivity contribution in [3.05, 3.63) is 101 Å². The molecule has 2 N–H and O–H groups in total. The van der Waals surface area contributed by atoms with Gasteiger partial charge in [0.05, 0.1) is 11.4 Å². The van der Waals surface area contributed by atoms with Gasteiger partial charge in [-0.1, -0.05) is 13.0 Å². The lowest BCUT2D eigenvalue weighted by atomic mass is 9.85. The molecule has 17 heteroatoms. The zero-order valence-corrected chi connectivity index (χ0v) is 23.5. The predicted molar refractivity (Wildman–Crippen MR) is 144 cm³/mol. The molecule has 0 saturated heterocycles. The molecule has 7 nitrogen and oxygen atoms in total. The van der Waals surface area contributed by atoms with Crippen molar-refractivity contribution in [1.82, 2.24) is 14.8 Å². The molecule has 46 heavy (non-hydrogen) atoms. The van der Waals surface area contributed by atoms with Gasteiger partial charge < -0.3 is 10.6 Å². The number of rotatable bonds is 8. The van der Waals surface area contributed by atoms with Crippen LogP contribution in [0.3, 0.4) is 0 Å². The predicted octanol–water partition coefficient (Wildman–Crippen LogP) is 7.71. The summed E-state index contributed by atoms with van der Waals surface area (Å²) in [5.41, 5.74) is -9.15. The van der Waals surface area contributed by atoms with Crippen LogP contribution in [0.1, 0.15) is 44.3 Å². The molecular formula is C29H21F10N5O2. The molecule has 1 unspecified atom stereocenters. The number of alkyl halides is 9. The lowest BCUT2D eigenvalue weighted by molar-refractivity contribution is -0.389. The summed E-state index contributed by atoms with van der Waals surface area (Å²) >= 11 is 0. The third kappa shape index (κ3) is 6.12. The lowest BCUT2D eigenvalue weighted by Gasteiger charge is -2.36. The van der Waals surface area contributed by atoms with Gasteiger partial charge in [0, 0.05) is 22.4 Å². The number of amides is 2. The van der Waals surface area contributed by atoms with Crippen molar-refractivity contribution in [3.63, 3.8) is 0 Å². The number of carbonyl (C=O) groups excluding carboxylic acids is 2. The van der Waals surface area contributed by atoms with Crippen LogP contribution >= 0.6 is 0 Å². The van der Waals surface area contributed by atoms with Crippen LogP contribution in [0, 0.1) is 12.7 Å². The normalized spacial score (nSPS) is 13.7. The van der Waals surface area contributed by atoms with Gasteiger partial charge in [0.1, 0.15) is 18.5 Å². The minimum atomic E-state index is -6.90. The van der Waals surface area contributed by atoms with E-state index in [4.69, 9.17) is 0 Å². The maximum atomic E-state index is 15.2. The van der Waals surface area contributed by atoms with Crippen LogP contribution in [0.5, 0.6) is 0 Å². The van der Waals surface area contributed by atoms with Gasteiger partial charge in [-0.2, -0.15) is 40.2 Å². The average molecular weight is 662 g/mol. The molecule has 0 spiro atoms. The van der Waals surface area contributed by atoms with Crippen molar-refractivity contribution in [2.75, 3.05) is 10.6 Å². The van der Waals surface area contributed by atoms with E-state index in [0.29, 0.717) is 0 Å². The van der Waals surface area contributed by atoms with Crippen LogP contribution in [-0.4, -0.2) is 44.9 Å². The molecule has 1 atom stereocenters. The van der Waals surface area contributed by atoms with Crippen LogP contribution in [0.15, 0.2) is 67.3 Å². The van der Waals surface area contributed by atoms with Gasteiger partial charge in [-0.15, -0.1) is 0 Å². The van der Waals surface area contributed by atoms with Gasteiger partial charge in [0.2, 0.25) is 0 Å². The molecule has 1 heterocycles. The average Bonchev–Trinajstić information content (AvgIpc) is 3.51. The van der Waals surface area contributed by atoms with E-state index in [-0.39, 0.29) is 52.3 Å². The summed E-state index contributed by atoms with van der Waals surface area (Å²) in [7, 11) is 0. The first-order valence-electron chi connectivity index (χ1n) is 13.0. The number of benzene rings is 3. The number of hydrogen-bond donors (Lipinski definition) is 2. The largest absolute Gasteiger partial charge is 0.457 e. The molecule has 4 rings (SSSR count). The van der Waals surface area contributed by atoms with Crippen molar-refractivity contribution in [2.24, 2.45) is 0 Å². The summed E-state index contributed by atoms with van der Waals surface area (Å²) in [6.07, 6.45) is -11.4. The zero-order valence-electron chi connectivity index (χ0n) is 23.5. The van der Waals surface area contributed by atoms with Crippen LogP contribution in [-0.2, 0) is 12.1 Å². The van der Waals surface area contributed by atoms with E-state index in [1.807, 2.05) is 0 Å². The number of halogens is 10. The fraction of sp³-hybridized carbons (Fsp3) is 0.241. The Morgan fingerprint density at radius 2 is 1.41 bits per heavy atom. The summed E-state index contributed by atoms with van der Waals surface area (Å²) in [5, 5.41) is 8.88. The monoisotopic (exact) mass is 661 g/mol. The van der Waals surface area contributed by atoms with E-state index < -0.39 is 52.7 Å². The van der Waals surface area contributed by atoms with Gasteiger partial charge in [0.25, 0.3) is 11.8 Å². The molecule has 0 radical (unpaired) electrons. The Morgan fingerprint density at radius 3 is 1.96 bits per heavy atom. The number of hydrogen-bond acceptors (Lipinski definition) is 4. The van der Waals surface area contributed by atoms with Crippen LogP contribution < -0.4 is 10.6 Å². The van der Waals surface area contributed by atoms with Gasteiger partial charge >= 0.3 is 23.9 Å². The first kappa shape index (κ1) is 33.9. The minimum Gasteiger partial charge on any atom is -0.321 e. The second-order valence-electron chi connectivity index (χ2n) is 9.90. The molecule has 4 aromatic rings. The highest BCUT2D eigenvalue weighted by Gasteiger charge is 2.81. The van der Waals surface area contributed by atoms with Gasteiger partial charge in [-0.05, 0) is 73.0 Å². The van der Waals surface area contributed by atoms with E-state index >= 15 is 4.39 Å². The zero-order chi connectivity index (χ0) is 34.2. The summed E-state index contributed by atoms with van der Waals surface area (Å²) in [4.78, 5) is 29.9. The molecule has 0 aliphatic heterocycles. The summed E-state index contributed by atoms with van der Waals surface area (Å²) < 4.78 is 138. The van der Waals surface area contributed by atoms with Gasteiger partial charge in [0.15, 0.2) is 0 Å². The Balaban J connectivity index is 1.73. The fourth-order valence-corrected chi connectivity index (χ4v) is 4.53. The topological polar surface area (TPSA) is 88.9 Å². The smallest absolute Gasteiger partial charge is 0.321 e. The van der Waals surface area contributed by atoms with Crippen molar-refractivity contribution >= 4 is 23.2 Å². The first-order valence-corrected chi connectivity index (χ1v) is 13.0.